The van der Waals surface area contributed by atoms with Crippen molar-refractivity contribution in [1.29, 1.82) is 5.41 Å². The average Bonchev–Trinajstić information content (AvgIpc) is 3.13. The van der Waals surface area contributed by atoms with E-state index in [4.69, 9.17) is 15.9 Å². The van der Waals surface area contributed by atoms with Gasteiger partial charge < -0.3 is 10.5 Å². The minimum absolute atomic E-state index is 0. The number of nitrogens with one attached hydrogen (secondary N) is 1. The maximum absolute atomic E-state index is 13.7. The van der Waals surface area contributed by atoms with Crippen LogP contribution in [0.25, 0.3) is 22.6 Å². The molecule has 0 saturated carbocycles. The molecule has 0 aliphatic heterocycles. The minimum atomic E-state index is -0.253. The third kappa shape index (κ3) is 5.20. The highest BCUT2D eigenvalue weighted by atomic mass is 35.5. The number of methoxy groups -OCH3 is 1. The topological polar surface area (TPSA) is 103 Å². The molecular weight excluding hydrogens is 464 g/mol. The Labute approximate surface area is 209 Å². The number of nitrogen functional groups attached to an aromatic ring is 1. The molecule has 4 rings (SSSR count). The first-order valence-corrected chi connectivity index (χ1v) is 10.9. The number of nitrogens with zero attached hydrogens (tertiary/aromatic N) is 2. The second kappa shape index (κ2) is 10.9. The molecule has 0 radical (unpaired) electrons. The van der Waals surface area contributed by atoms with Crippen molar-refractivity contribution in [2.75, 3.05) is 7.11 Å². The summed E-state index contributed by atoms with van der Waals surface area (Å²) >= 11 is 0. The number of esters is 1. The molecular formula is C27H27ClN4O3. The maximum Gasteiger partial charge on any atom is 0.338 e. The van der Waals surface area contributed by atoms with Crippen molar-refractivity contribution < 1.29 is 9.53 Å². The summed E-state index contributed by atoms with van der Waals surface area (Å²) in [6.45, 7) is 1.92. The maximum atomic E-state index is 13.7. The predicted octanol–water partition coefficient (Wildman–Crippen LogP) is 4.42. The zero-order valence-corrected chi connectivity index (χ0v) is 20.3. The molecule has 0 aliphatic rings. The van der Waals surface area contributed by atoms with Crippen molar-refractivity contribution in [3.63, 3.8) is 0 Å². The normalized spacial score (nSPS) is 10.5. The van der Waals surface area contributed by atoms with Gasteiger partial charge >= 0.3 is 11.7 Å². The molecule has 0 unspecified atom stereocenters. The molecule has 0 spiro atoms. The Hall–Kier alpha value is -4.10. The van der Waals surface area contributed by atoms with Crippen LogP contribution in [0.4, 0.5) is 0 Å². The highest BCUT2D eigenvalue weighted by molar-refractivity contribution is 5.95. The first-order valence-electron chi connectivity index (χ1n) is 10.9. The number of rotatable bonds is 7. The summed E-state index contributed by atoms with van der Waals surface area (Å²) in [6, 6.07) is 24.4. The molecule has 1 aromatic heterocycles. The van der Waals surface area contributed by atoms with Crippen LogP contribution in [0.2, 0.25) is 0 Å². The highest BCUT2D eigenvalue weighted by Gasteiger charge is 2.21. The number of para-hydroxylation sites is 1. The van der Waals surface area contributed by atoms with E-state index in [0.717, 1.165) is 33.9 Å². The van der Waals surface area contributed by atoms with Gasteiger partial charge in [0, 0.05) is 23.2 Å². The Morgan fingerprint density at radius 1 is 0.914 bits per heavy atom. The molecule has 0 amide bonds. The third-order valence-electron chi connectivity index (χ3n) is 5.81. The number of aromatic nitrogens is 2. The van der Waals surface area contributed by atoms with E-state index >= 15 is 0 Å². The Morgan fingerprint density at radius 2 is 1.51 bits per heavy atom. The van der Waals surface area contributed by atoms with Crippen LogP contribution in [0.15, 0.2) is 83.7 Å². The van der Waals surface area contributed by atoms with Crippen LogP contribution in [0, 0.1) is 12.3 Å². The first-order chi connectivity index (χ1) is 16.4. The van der Waals surface area contributed by atoms with Gasteiger partial charge in [0.2, 0.25) is 0 Å². The monoisotopic (exact) mass is 490 g/mol. The van der Waals surface area contributed by atoms with Crippen LogP contribution >= 0.6 is 12.4 Å². The first kappa shape index (κ1) is 25.5. The van der Waals surface area contributed by atoms with Gasteiger partial charge in [0.05, 0.1) is 24.2 Å². The molecule has 7 nitrogen and oxygen atoms in total. The Kier molecular flexibility index (Phi) is 7.94. The van der Waals surface area contributed by atoms with Gasteiger partial charge in [-0.1, -0.05) is 54.6 Å². The van der Waals surface area contributed by atoms with Crippen molar-refractivity contribution in [2.24, 2.45) is 5.73 Å². The zero-order valence-electron chi connectivity index (χ0n) is 19.5. The lowest BCUT2D eigenvalue weighted by Gasteiger charge is -2.09. The molecule has 0 saturated heterocycles. The van der Waals surface area contributed by atoms with Gasteiger partial charge in [0.1, 0.15) is 5.84 Å². The second-order valence-corrected chi connectivity index (χ2v) is 7.96. The molecule has 0 fully saturated rings. The molecule has 0 aliphatic carbocycles. The summed E-state index contributed by atoms with van der Waals surface area (Å²) in [6.07, 6.45) is 0.874. The second-order valence-electron chi connectivity index (χ2n) is 7.96. The summed E-state index contributed by atoms with van der Waals surface area (Å²) in [4.78, 5) is 25.2. The number of benzene rings is 3. The van der Waals surface area contributed by atoms with Crippen LogP contribution in [0.3, 0.4) is 0 Å². The van der Waals surface area contributed by atoms with E-state index in [1.54, 1.807) is 21.3 Å². The van der Waals surface area contributed by atoms with E-state index in [0.29, 0.717) is 18.4 Å². The Balaban J connectivity index is 0.00000342. The molecule has 1 heterocycles. The van der Waals surface area contributed by atoms with Crippen molar-refractivity contribution in [2.45, 2.75) is 19.8 Å². The van der Waals surface area contributed by atoms with E-state index in [-0.39, 0.29) is 29.9 Å². The minimum Gasteiger partial charge on any atom is -0.469 e. The van der Waals surface area contributed by atoms with Gasteiger partial charge in [-0.2, -0.15) is 0 Å². The van der Waals surface area contributed by atoms with Gasteiger partial charge in [-0.25, -0.2) is 4.79 Å². The van der Waals surface area contributed by atoms with Crippen LogP contribution in [0.1, 0.15) is 23.2 Å². The van der Waals surface area contributed by atoms with E-state index in [1.165, 1.54) is 7.11 Å². The zero-order chi connectivity index (χ0) is 24.2. The van der Waals surface area contributed by atoms with Crippen LogP contribution < -0.4 is 11.4 Å². The third-order valence-corrected chi connectivity index (χ3v) is 5.81. The molecule has 8 heteroatoms. The molecule has 3 aromatic carbocycles. The number of aryl methyl sites for hydroxylation is 1. The molecule has 35 heavy (non-hydrogen) atoms. The van der Waals surface area contributed by atoms with Gasteiger partial charge in [-0.15, -0.1) is 12.4 Å². The summed E-state index contributed by atoms with van der Waals surface area (Å²) < 4.78 is 8.09. The number of ether oxygens (including phenoxy) is 1. The fraction of sp³-hybridized carbons (Fsp3) is 0.148. The van der Waals surface area contributed by atoms with Gasteiger partial charge in [-0.3, -0.25) is 19.3 Å². The fourth-order valence-electron chi connectivity index (χ4n) is 4.03. The molecule has 180 valence electrons. The lowest BCUT2D eigenvalue weighted by molar-refractivity contribution is -0.140. The number of hydrogen-bond acceptors (Lipinski definition) is 4. The quantitative estimate of drug-likeness (QED) is 0.227. The van der Waals surface area contributed by atoms with Crippen LogP contribution in [0.5, 0.6) is 0 Å². The smallest absolute Gasteiger partial charge is 0.338 e. The van der Waals surface area contributed by atoms with Crippen LogP contribution in [-0.2, 0) is 16.0 Å². The summed E-state index contributed by atoms with van der Waals surface area (Å²) in [5, 5.41) is 7.65. The average molecular weight is 491 g/mol. The highest BCUT2D eigenvalue weighted by Crippen LogP contribution is 2.28. The van der Waals surface area contributed by atoms with Crippen LogP contribution in [-0.4, -0.2) is 28.0 Å². The molecule has 0 bridgehead atoms. The number of carbonyl (C=O) groups excluding carboxylic acids is 1. The number of carbonyl (C=O) groups is 1. The van der Waals surface area contributed by atoms with Crippen molar-refractivity contribution in [1.82, 2.24) is 9.13 Å². The predicted molar refractivity (Wildman–Crippen MR) is 140 cm³/mol. The fourth-order valence-corrected chi connectivity index (χ4v) is 4.03. The Morgan fingerprint density at radius 3 is 2.09 bits per heavy atom. The summed E-state index contributed by atoms with van der Waals surface area (Å²) in [7, 11) is 1.38. The van der Waals surface area contributed by atoms with Gasteiger partial charge in [0.15, 0.2) is 0 Å². The summed E-state index contributed by atoms with van der Waals surface area (Å²) in [5.41, 5.74) is 10.9. The molecule has 4 aromatic rings. The SMILES string of the molecule is COC(=O)CCc1ccc(-n2c(C)c(-c3ccc(C(=N)N)cc3)n(-c3ccccc3)c2=O)cc1.Cl. The summed E-state index contributed by atoms with van der Waals surface area (Å²) in [5.74, 6) is -0.259. The lowest BCUT2D eigenvalue weighted by Crippen LogP contribution is -2.22. The number of hydrogen-bond donors (Lipinski definition) is 2. The number of nitrogens with two attached hydrogens (primary N) is 1. The van der Waals surface area contributed by atoms with E-state index in [1.807, 2.05) is 73.7 Å². The van der Waals surface area contributed by atoms with E-state index in [9.17, 15) is 9.59 Å². The Bertz CT molecular complexity index is 1390. The van der Waals surface area contributed by atoms with Crippen molar-refractivity contribution in [3.05, 3.63) is 106 Å². The number of amidine groups is 1. The molecule has 3 N–H and O–H groups in total. The van der Waals surface area contributed by atoms with Crippen molar-refractivity contribution >= 4 is 24.2 Å². The van der Waals surface area contributed by atoms with E-state index in [2.05, 4.69) is 0 Å². The number of halogens is 1. The largest absolute Gasteiger partial charge is 0.469 e. The van der Waals surface area contributed by atoms with Gasteiger partial charge in [0.25, 0.3) is 0 Å². The number of imidazole rings is 1. The molecule has 0 atom stereocenters. The van der Waals surface area contributed by atoms with Gasteiger partial charge in [-0.05, 0) is 43.2 Å². The van der Waals surface area contributed by atoms with E-state index < -0.39 is 0 Å². The lowest BCUT2D eigenvalue weighted by atomic mass is 10.1. The standard InChI is InChI=1S/C27H26N4O3.ClH/c1-18-25(20-11-13-21(14-12-20)26(28)29)31(22-6-4-3-5-7-22)27(33)30(18)23-15-8-19(9-16-23)10-17-24(32)34-2;/h3-9,11-16H,10,17H2,1-2H3,(H3,28,29);1H. The van der Waals surface area contributed by atoms with Crippen molar-refractivity contribution in [3.8, 4) is 22.6 Å².